The van der Waals surface area contributed by atoms with E-state index in [2.05, 4.69) is 5.32 Å². The van der Waals surface area contributed by atoms with Gasteiger partial charge < -0.3 is 20.4 Å². The average Bonchev–Trinajstić information content (AvgIpc) is 3.16. The fourth-order valence-electron chi connectivity index (χ4n) is 2.59. The first-order chi connectivity index (χ1) is 11.4. The Morgan fingerprint density at radius 2 is 2.08 bits per heavy atom. The van der Waals surface area contributed by atoms with Gasteiger partial charge in [-0.15, -0.1) is 0 Å². The molecule has 1 aliphatic rings. The van der Waals surface area contributed by atoms with Gasteiger partial charge in [-0.3, -0.25) is 9.59 Å². The molecular formula is C16H15Cl2N3O3. The van der Waals surface area contributed by atoms with Crippen LogP contribution in [0.25, 0.3) is 0 Å². The highest BCUT2D eigenvalue weighted by Crippen LogP contribution is 2.31. The summed E-state index contributed by atoms with van der Waals surface area (Å²) in [6.45, 7) is 0.691. The van der Waals surface area contributed by atoms with Crippen molar-refractivity contribution in [1.29, 1.82) is 0 Å². The molecule has 1 unspecified atom stereocenters. The number of nitrogens with zero attached hydrogens (tertiary/aromatic N) is 1. The molecule has 1 saturated heterocycles. The first kappa shape index (κ1) is 16.7. The third-order valence-corrected chi connectivity index (χ3v) is 4.48. The van der Waals surface area contributed by atoms with Crippen LogP contribution in [0.5, 0.6) is 0 Å². The minimum atomic E-state index is -0.442. The van der Waals surface area contributed by atoms with Gasteiger partial charge in [0.25, 0.3) is 0 Å². The summed E-state index contributed by atoms with van der Waals surface area (Å²) in [7, 11) is 0. The zero-order valence-electron chi connectivity index (χ0n) is 12.6. The van der Waals surface area contributed by atoms with Crippen LogP contribution >= 0.6 is 23.2 Å². The number of carbonyl (C=O) groups excluding carboxylic acids is 2. The molecule has 1 atom stereocenters. The van der Waals surface area contributed by atoms with Crippen LogP contribution < -0.4 is 11.1 Å². The smallest absolute Gasteiger partial charge is 0.229 e. The van der Waals surface area contributed by atoms with Gasteiger partial charge in [-0.1, -0.05) is 23.2 Å². The van der Waals surface area contributed by atoms with Crippen LogP contribution in [0, 0.1) is 5.92 Å². The van der Waals surface area contributed by atoms with Crippen molar-refractivity contribution in [2.45, 2.75) is 13.0 Å². The van der Waals surface area contributed by atoms with E-state index in [0.717, 1.165) is 0 Å². The lowest BCUT2D eigenvalue weighted by atomic mass is 10.1. The van der Waals surface area contributed by atoms with E-state index in [1.54, 1.807) is 23.3 Å². The van der Waals surface area contributed by atoms with E-state index in [4.69, 9.17) is 33.4 Å². The van der Waals surface area contributed by atoms with Gasteiger partial charge in [-0.05, 0) is 24.3 Å². The van der Waals surface area contributed by atoms with Crippen LogP contribution in [-0.4, -0.2) is 23.3 Å². The molecule has 8 heteroatoms. The molecule has 0 spiro atoms. The van der Waals surface area contributed by atoms with Crippen LogP contribution in [0.1, 0.15) is 12.2 Å². The number of likely N-dealkylation sites (tertiary alicyclic amines) is 1. The summed E-state index contributed by atoms with van der Waals surface area (Å²) in [4.78, 5) is 26.1. The number of hydrogen-bond donors (Lipinski definition) is 2. The normalized spacial score (nSPS) is 17.3. The van der Waals surface area contributed by atoms with Crippen LogP contribution in [0.3, 0.4) is 0 Å². The maximum Gasteiger partial charge on any atom is 0.229 e. The molecule has 0 aliphatic carbocycles. The molecule has 0 saturated carbocycles. The number of benzene rings is 1. The third-order valence-electron chi connectivity index (χ3n) is 3.86. The molecule has 126 valence electrons. The van der Waals surface area contributed by atoms with Gasteiger partial charge in [0.2, 0.25) is 11.8 Å². The molecule has 1 aliphatic heterocycles. The van der Waals surface area contributed by atoms with E-state index in [1.807, 2.05) is 0 Å². The van der Waals surface area contributed by atoms with Gasteiger partial charge in [-0.25, -0.2) is 0 Å². The molecule has 3 rings (SSSR count). The van der Waals surface area contributed by atoms with Gasteiger partial charge in [0.05, 0.1) is 34.5 Å². The summed E-state index contributed by atoms with van der Waals surface area (Å²) in [5.74, 6) is -0.105. The summed E-state index contributed by atoms with van der Waals surface area (Å²) in [6, 6.07) is 6.60. The summed E-state index contributed by atoms with van der Waals surface area (Å²) < 4.78 is 5.24. The number of anilines is 2. The van der Waals surface area contributed by atoms with Crippen LogP contribution in [0.2, 0.25) is 10.0 Å². The number of hydrogen-bond acceptors (Lipinski definition) is 4. The van der Waals surface area contributed by atoms with Crippen LogP contribution in [0.15, 0.2) is 34.9 Å². The van der Waals surface area contributed by atoms with Crippen molar-refractivity contribution in [3.8, 4) is 0 Å². The SMILES string of the molecule is Nc1c(Cl)cc(NC(=O)C2CC(=O)N(Cc3ccco3)C2)cc1Cl. The molecule has 2 amide bonds. The monoisotopic (exact) mass is 367 g/mol. The second kappa shape index (κ2) is 6.75. The molecule has 1 aromatic heterocycles. The van der Waals surface area contributed by atoms with Crippen LogP contribution in [0.4, 0.5) is 11.4 Å². The van der Waals surface area contributed by atoms with E-state index in [1.165, 1.54) is 12.1 Å². The average molecular weight is 368 g/mol. The molecule has 3 N–H and O–H groups in total. The van der Waals surface area contributed by atoms with E-state index < -0.39 is 5.92 Å². The number of amides is 2. The van der Waals surface area contributed by atoms with Crippen LogP contribution in [-0.2, 0) is 16.1 Å². The summed E-state index contributed by atoms with van der Waals surface area (Å²) in [5.41, 5.74) is 6.37. The molecule has 2 heterocycles. The first-order valence-electron chi connectivity index (χ1n) is 7.29. The second-order valence-electron chi connectivity index (χ2n) is 5.60. The fraction of sp³-hybridized carbons (Fsp3) is 0.250. The maximum atomic E-state index is 12.4. The Morgan fingerprint density at radius 3 is 2.71 bits per heavy atom. The Hall–Kier alpha value is -2.18. The molecule has 1 aromatic carbocycles. The third kappa shape index (κ3) is 3.49. The number of carbonyl (C=O) groups is 2. The number of furan rings is 1. The summed E-state index contributed by atoms with van der Waals surface area (Å²) in [6.07, 6.45) is 1.71. The Balaban J connectivity index is 1.65. The molecule has 0 bridgehead atoms. The predicted molar refractivity (Wildman–Crippen MR) is 91.7 cm³/mol. The van der Waals surface area contributed by atoms with Crippen molar-refractivity contribution >= 4 is 46.4 Å². The van der Waals surface area contributed by atoms with E-state index >= 15 is 0 Å². The Kier molecular flexibility index (Phi) is 4.69. The molecule has 6 nitrogen and oxygen atoms in total. The fourth-order valence-corrected chi connectivity index (χ4v) is 3.08. The van der Waals surface area contributed by atoms with Gasteiger partial charge in [0, 0.05) is 18.7 Å². The number of rotatable bonds is 4. The van der Waals surface area contributed by atoms with Gasteiger partial charge >= 0.3 is 0 Å². The first-order valence-corrected chi connectivity index (χ1v) is 8.05. The van der Waals surface area contributed by atoms with Crippen molar-refractivity contribution < 1.29 is 14.0 Å². The predicted octanol–water partition coefficient (Wildman–Crippen LogP) is 3.16. The number of nitrogens with one attached hydrogen (secondary N) is 1. The minimum absolute atomic E-state index is 0.0834. The van der Waals surface area contributed by atoms with Gasteiger partial charge in [0.15, 0.2) is 0 Å². The molecule has 0 radical (unpaired) electrons. The molecule has 2 aromatic rings. The number of nitrogen functional groups attached to an aromatic ring is 1. The lowest BCUT2D eigenvalue weighted by molar-refractivity contribution is -0.128. The van der Waals surface area contributed by atoms with Crippen molar-refractivity contribution in [2.75, 3.05) is 17.6 Å². The minimum Gasteiger partial charge on any atom is -0.467 e. The van der Waals surface area contributed by atoms with Gasteiger partial charge in [-0.2, -0.15) is 0 Å². The molecule has 1 fully saturated rings. The molecule has 24 heavy (non-hydrogen) atoms. The second-order valence-corrected chi connectivity index (χ2v) is 6.41. The standard InChI is InChI=1S/C16H15Cl2N3O3/c17-12-5-10(6-13(18)15(12)19)20-16(23)9-4-14(22)21(7-9)8-11-2-1-3-24-11/h1-3,5-6,9H,4,7-8,19H2,(H,20,23). The van der Waals surface area contributed by atoms with Crippen molar-refractivity contribution in [3.05, 3.63) is 46.3 Å². The van der Waals surface area contributed by atoms with Crippen molar-refractivity contribution in [1.82, 2.24) is 4.90 Å². The Morgan fingerprint density at radius 1 is 1.38 bits per heavy atom. The topological polar surface area (TPSA) is 88.6 Å². The largest absolute Gasteiger partial charge is 0.467 e. The maximum absolute atomic E-state index is 12.4. The Labute approximate surface area is 148 Å². The highest BCUT2D eigenvalue weighted by Gasteiger charge is 2.34. The van der Waals surface area contributed by atoms with E-state index in [-0.39, 0.29) is 34.0 Å². The highest BCUT2D eigenvalue weighted by molar-refractivity contribution is 6.39. The van der Waals surface area contributed by atoms with Crippen molar-refractivity contribution in [3.63, 3.8) is 0 Å². The lowest BCUT2D eigenvalue weighted by Crippen LogP contribution is -2.27. The summed E-state index contributed by atoms with van der Waals surface area (Å²) in [5, 5.41) is 3.25. The molecular weight excluding hydrogens is 353 g/mol. The van der Waals surface area contributed by atoms with Gasteiger partial charge in [0.1, 0.15) is 5.76 Å². The quantitative estimate of drug-likeness (QED) is 0.812. The highest BCUT2D eigenvalue weighted by atomic mass is 35.5. The van der Waals surface area contributed by atoms with E-state index in [9.17, 15) is 9.59 Å². The number of halogens is 2. The summed E-state index contributed by atoms with van der Waals surface area (Å²) >= 11 is 11.9. The van der Waals surface area contributed by atoms with E-state index in [0.29, 0.717) is 24.5 Å². The zero-order chi connectivity index (χ0) is 17.3. The number of nitrogens with two attached hydrogens (primary N) is 1. The zero-order valence-corrected chi connectivity index (χ0v) is 14.1. The van der Waals surface area contributed by atoms with Crippen molar-refractivity contribution in [2.24, 2.45) is 5.92 Å². The Bertz CT molecular complexity index is 754. The lowest BCUT2D eigenvalue weighted by Gasteiger charge is -2.15.